The number of anilines is 1. The molecule has 1 saturated heterocycles. The zero-order valence-corrected chi connectivity index (χ0v) is 11.8. The van der Waals surface area contributed by atoms with Gasteiger partial charge in [-0.25, -0.2) is 0 Å². The van der Waals surface area contributed by atoms with E-state index < -0.39 is 0 Å². The van der Waals surface area contributed by atoms with Crippen LogP contribution in [0.25, 0.3) is 0 Å². The Hall–Kier alpha value is -1.16. The molecule has 2 heterocycles. The number of hydrogen-bond donors (Lipinski definition) is 1. The van der Waals surface area contributed by atoms with Crippen molar-refractivity contribution < 1.29 is 0 Å². The molecule has 3 rings (SSSR count). The van der Waals surface area contributed by atoms with Crippen molar-refractivity contribution in [1.82, 2.24) is 15.5 Å². The number of nitrogens with zero attached hydrogens (tertiary/aromatic N) is 3. The normalized spacial score (nSPS) is 24.6. The summed E-state index contributed by atoms with van der Waals surface area (Å²) >= 11 is 0. The summed E-state index contributed by atoms with van der Waals surface area (Å²) in [7, 11) is 2.14. The number of hydrogen-bond acceptors (Lipinski definition) is 4. The predicted octanol–water partition coefficient (Wildman–Crippen LogP) is 2.32. The van der Waals surface area contributed by atoms with E-state index in [2.05, 4.69) is 39.6 Å². The fourth-order valence-corrected chi connectivity index (χ4v) is 3.31. The highest BCUT2D eigenvalue weighted by Gasteiger charge is 2.21. The van der Waals surface area contributed by atoms with E-state index in [9.17, 15) is 0 Å². The van der Waals surface area contributed by atoms with Crippen LogP contribution in [0, 0.1) is 0 Å². The molecule has 1 N–H and O–H groups in total. The van der Waals surface area contributed by atoms with E-state index in [1.807, 2.05) is 0 Å². The van der Waals surface area contributed by atoms with Gasteiger partial charge in [0.15, 0.2) is 5.82 Å². The highest BCUT2D eigenvalue weighted by molar-refractivity contribution is 5.38. The molecule has 4 heteroatoms. The van der Waals surface area contributed by atoms with E-state index in [1.54, 1.807) is 0 Å². The Kier molecular flexibility index (Phi) is 3.97. The summed E-state index contributed by atoms with van der Waals surface area (Å²) in [6, 6.07) is 4.89. The predicted molar refractivity (Wildman–Crippen MR) is 77.5 cm³/mol. The van der Waals surface area contributed by atoms with Gasteiger partial charge in [0, 0.05) is 25.6 Å². The molecule has 1 atom stereocenters. The first-order valence-corrected chi connectivity index (χ1v) is 7.62. The highest BCUT2D eigenvalue weighted by Crippen LogP contribution is 2.33. The maximum Gasteiger partial charge on any atom is 0.151 e. The van der Waals surface area contributed by atoms with Crippen LogP contribution in [0.2, 0.25) is 0 Å². The van der Waals surface area contributed by atoms with Gasteiger partial charge in [-0.3, -0.25) is 0 Å². The van der Waals surface area contributed by atoms with Crippen molar-refractivity contribution in [2.45, 2.75) is 50.5 Å². The Labute approximate surface area is 115 Å². The maximum absolute atomic E-state index is 4.46. The molecule has 4 nitrogen and oxygen atoms in total. The molecule has 19 heavy (non-hydrogen) atoms. The minimum Gasteiger partial charge on any atom is -0.354 e. The molecule has 0 amide bonds. The van der Waals surface area contributed by atoms with Crippen LogP contribution in [0.5, 0.6) is 0 Å². The molecule has 1 aliphatic heterocycles. The van der Waals surface area contributed by atoms with Crippen LogP contribution >= 0.6 is 0 Å². The summed E-state index contributed by atoms with van der Waals surface area (Å²) in [5.74, 6) is 1.67. The van der Waals surface area contributed by atoms with Crippen LogP contribution in [0.1, 0.15) is 50.1 Å². The van der Waals surface area contributed by atoms with Gasteiger partial charge in [-0.2, -0.15) is 5.10 Å². The van der Waals surface area contributed by atoms with E-state index in [4.69, 9.17) is 0 Å². The molecule has 1 aliphatic carbocycles. The van der Waals surface area contributed by atoms with E-state index >= 15 is 0 Å². The first-order valence-electron chi connectivity index (χ1n) is 7.62. The SMILES string of the molecule is CN(c1ccc(C2CCCC2)nn1)C1CCCNC1. The molecule has 0 aromatic carbocycles. The molecular weight excluding hydrogens is 236 g/mol. The van der Waals surface area contributed by atoms with Gasteiger partial charge >= 0.3 is 0 Å². The first-order chi connectivity index (χ1) is 9.34. The second kappa shape index (κ2) is 5.87. The van der Waals surface area contributed by atoms with Gasteiger partial charge < -0.3 is 10.2 Å². The topological polar surface area (TPSA) is 41.1 Å². The maximum atomic E-state index is 4.46. The third kappa shape index (κ3) is 2.89. The zero-order valence-electron chi connectivity index (χ0n) is 11.8. The van der Waals surface area contributed by atoms with Crippen LogP contribution in [0.4, 0.5) is 5.82 Å². The van der Waals surface area contributed by atoms with Gasteiger partial charge in [0.1, 0.15) is 0 Å². The fraction of sp³-hybridized carbons (Fsp3) is 0.733. The molecule has 2 fully saturated rings. The molecule has 1 aromatic rings. The molecular formula is C15H24N4. The lowest BCUT2D eigenvalue weighted by atomic mass is 10.0. The van der Waals surface area contributed by atoms with Gasteiger partial charge in [0.05, 0.1) is 5.69 Å². The largest absolute Gasteiger partial charge is 0.354 e. The Balaban J connectivity index is 1.67. The van der Waals surface area contributed by atoms with Crippen molar-refractivity contribution in [2.24, 2.45) is 0 Å². The van der Waals surface area contributed by atoms with Crippen molar-refractivity contribution in [1.29, 1.82) is 0 Å². The third-order valence-electron chi connectivity index (χ3n) is 4.62. The lowest BCUT2D eigenvalue weighted by Crippen LogP contribution is -2.44. The van der Waals surface area contributed by atoms with E-state index in [-0.39, 0.29) is 0 Å². The Morgan fingerprint density at radius 2 is 1.95 bits per heavy atom. The van der Waals surface area contributed by atoms with Crippen LogP contribution in [0.3, 0.4) is 0 Å². The molecule has 2 aliphatic rings. The lowest BCUT2D eigenvalue weighted by molar-refractivity contribution is 0.442. The van der Waals surface area contributed by atoms with E-state index in [0.29, 0.717) is 12.0 Å². The van der Waals surface area contributed by atoms with Crippen molar-refractivity contribution in [3.63, 3.8) is 0 Å². The van der Waals surface area contributed by atoms with Crippen molar-refractivity contribution in [3.05, 3.63) is 17.8 Å². The number of likely N-dealkylation sites (N-methyl/N-ethyl adjacent to an activating group) is 1. The summed E-state index contributed by atoms with van der Waals surface area (Å²) in [4.78, 5) is 2.28. The second-order valence-electron chi connectivity index (χ2n) is 5.91. The molecule has 0 spiro atoms. The molecule has 1 unspecified atom stereocenters. The smallest absolute Gasteiger partial charge is 0.151 e. The molecule has 1 saturated carbocycles. The Morgan fingerprint density at radius 3 is 2.58 bits per heavy atom. The zero-order chi connectivity index (χ0) is 13.1. The van der Waals surface area contributed by atoms with E-state index in [0.717, 1.165) is 18.9 Å². The summed E-state index contributed by atoms with van der Waals surface area (Å²) in [6.07, 6.45) is 7.77. The van der Waals surface area contributed by atoms with Gasteiger partial charge in [-0.1, -0.05) is 12.8 Å². The summed E-state index contributed by atoms with van der Waals surface area (Å²) in [5.41, 5.74) is 1.19. The minimum atomic E-state index is 0.556. The molecule has 1 aromatic heterocycles. The molecule has 104 valence electrons. The number of aromatic nitrogens is 2. The Bertz CT molecular complexity index is 391. The van der Waals surface area contributed by atoms with Crippen LogP contribution in [-0.4, -0.2) is 36.4 Å². The highest BCUT2D eigenvalue weighted by atomic mass is 15.3. The van der Waals surface area contributed by atoms with Gasteiger partial charge in [0.2, 0.25) is 0 Å². The second-order valence-corrected chi connectivity index (χ2v) is 5.91. The van der Waals surface area contributed by atoms with Crippen LogP contribution < -0.4 is 10.2 Å². The summed E-state index contributed by atoms with van der Waals surface area (Å²) in [5, 5.41) is 12.4. The average Bonchev–Trinajstić information content (AvgIpc) is 3.02. The van der Waals surface area contributed by atoms with E-state index in [1.165, 1.54) is 44.2 Å². The van der Waals surface area contributed by atoms with Crippen LogP contribution in [0.15, 0.2) is 12.1 Å². The van der Waals surface area contributed by atoms with Gasteiger partial charge in [0.25, 0.3) is 0 Å². The van der Waals surface area contributed by atoms with Crippen LogP contribution in [-0.2, 0) is 0 Å². The first kappa shape index (κ1) is 12.9. The standard InChI is InChI=1S/C15H24N4/c1-19(13-7-4-10-16-11-13)15-9-8-14(17-18-15)12-5-2-3-6-12/h8-9,12-13,16H,2-7,10-11H2,1H3. The van der Waals surface area contributed by atoms with Crippen molar-refractivity contribution >= 4 is 5.82 Å². The van der Waals surface area contributed by atoms with Crippen molar-refractivity contribution in [2.75, 3.05) is 25.0 Å². The summed E-state index contributed by atoms with van der Waals surface area (Å²) < 4.78 is 0. The van der Waals surface area contributed by atoms with Gasteiger partial charge in [-0.05, 0) is 44.4 Å². The third-order valence-corrected chi connectivity index (χ3v) is 4.62. The van der Waals surface area contributed by atoms with Gasteiger partial charge in [-0.15, -0.1) is 5.10 Å². The van der Waals surface area contributed by atoms with Crippen molar-refractivity contribution in [3.8, 4) is 0 Å². The number of piperidine rings is 1. The minimum absolute atomic E-state index is 0.556. The Morgan fingerprint density at radius 1 is 1.11 bits per heavy atom. The lowest BCUT2D eigenvalue weighted by Gasteiger charge is -2.32. The quantitative estimate of drug-likeness (QED) is 0.905. The number of rotatable bonds is 3. The summed E-state index contributed by atoms with van der Waals surface area (Å²) in [6.45, 7) is 2.21. The number of nitrogens with one attached hydrogen (secondary N) is 1. The average molecular weight is 260 g/mol. The monoisotopic (exact) mass is 260 g/mol. The molecule has 0 bridgehead atoms. The molecule has 0 radical (unpaired) electrons. The fourth-order valence-electron chi connectivity index (χ4n) is 3.31.